The molecule has 4 nitrogen and oxygen atoms in total. The van der Waals surface area contributed by atoms with Crippen LogP contribution in [0.2, 0.25) is 0 Å². The minimum Gasteiger partial charge on any atom is -0.342 e. The Morgan fingerprint density at radius 3 is 3.18 bits per heavy atom. The molecule has 0 bridgehead atoms. The molecular formula is C16H21N3OS2. The first-order valence-electron chi connectivity index (χ1n) is 7.67. The molecule has 1 aliphatic heterocycles. The summed E-state index contributed by atoms with van der Waals surface area (Å²) >= 11 is 3.23. The molecule has 2 heterocycles. The number of para-hydroxylation sites is 1. The lowest BCUT2D eigenvalue weighted by atomic mass is 9.98. The number of hydrogen-bond donors (Lipinski definition) is 1. The van der Waals surface area contributed by atoms with Gasteiger partial charge in [-0.05, 0) is 44.5 Å². The fraction of sp³-hybridized carbons (Fsp3) is 0.500. The van der Waals surface area contributed by atoms with E-state index in [0.29, 0.717) is 11.7 Å². The van der Waals surface area contributed by atoms with Gasteiger partial charge in [-0.3, -0.25) is 4.79 Å². The van der Waals surface area contributed by atoms with Gasteiger partial charge in [-0.25, -0.2) is 4.98 Å². The molecule has 1 unspecified atom stereocenters. The molecule has 1 aliphatic rings. The predicted octanol–water partition coefficient (Wildman–Crippen LogP) is 2.85. The molecule has 1 aromatic carbocycles. The zero-order valence-electron chi connectivity index (χ0n) is 12.7. The number of fused-ring (bicyclic) bond motifs is 1. The third-order valence-corrected chi connectivity index (χ3v) is 6.12. The number of nitrogens with zero attached hydrogens (tertiary/aromatic N) is 2. The van der Waals surface area contributed by atoms with E-state index in [1.54, 1.807) is 23.1 Å². The summed E-state index contributed by atoms with van der Waals surface area (Å²) < 4.78 is 2.17. The maximum Gasteiger partial charge on any atom is 0.233 e. The van der Waals surface area contributed by atoms with Gasteiger partial charge in [0.15, 0.2) is 4.34 Å². The lowest BCUT2D eigenvalue weighted by molar-refractivity contribution is -0.130. The highest BCUT2D eigenvalue weighted by Crippen LogP contribution is 2.29. The van der Waals surface area contributed by atoms with Crippen LogP contribution < -0.4 is 5.32 Å². The van der Waals surface area contributed by atoms with Gasteiger partial charge in [-0.2, -0.15) is 0 Å². The van der Waals surface area contributed by atoms with Crippen LogP contribution in [0, 0.1) is 5.92 Å². The van der Waals surface area contributed by atoms with Crippen molar-refractivity contribution < 1.29 is 4.79 Å². The molecule has 0 aliphatic carbocycles. The second kappa shape index (κ2) is 7.44. The molecular weight excluding hydrogens is 314 g/mol. The normalized spacial score (nSPS) is 18.8. The van der Waals surface area contributed by atoms with E-state index in [1.165, 1.54) is 11.1 Å². The minimum atomic E-state index is 0.241. The molecule has 1 saturated heterocycles. The highest BCUT2D eigenvalue weighted by atomic mass is 32.2. The smallest absolute Gasteiger partial charge is 0.233 e. The van der Waals surface area contributed by atoms with Crippen LogP contribution in [-0.2, 0) is 4.79 Å². The molecule has 0 radical (unpaired) electrons. The van der Waals surface area contributed by atoms with E-state index in [9.17, 15) is 4.79 Å². The second-order valence-electron chi connectivity index (χ2n) is 5.64. The molecule has 6 heteroatoms. The standard InChI is InChI=1S/C16H21N3OS2/c1-17-9-12-5-4-8-19(10-12)15(20)11-21-16-18-13-6-2-3-7-14(13)22-16/h2-3,6-7,12,17H,4-5,8-11H2,1H3. The summed E-state index contributed by atoms with van der Waals surface area (Å²) in [5, 5.41) is 3.22. The number of benzene rings is 1. The molecule has 22 heavy (non-hydrogen) atoms. The zero-order valence-corrected chi connectivity index (χ0v) is 14.4. The number of aromatic nitrogens is 1. The fourth-order valence-electron chi connectivity index (χ4n) is 2.87. The molecule has 1 atom stereocenters. The second-order valence-corrected chi connectivity index (χ2v) is 7.89. The molecule has 1 N–H and O–H groups in total. The van der Waals surface area contributed by atoms with Crippen LogP contribution in [0.3, 0.4) is 0 Å². The number of thioether (sulfide) groups is 1. The Hall–Kier alpha value is -1.11. The topological polar surface area (TPSA) is 45.2 Å². The molecule has 1 aromatic heterocycles. The Bertz CT molecular complexity index is 608. The van der Waals surface area contributed by atoms with Crippen LogP contribution in [0.1, 0.15) is 12.8 Å². The highest BCUT2D eigenvalue weighted by Gasteiger charge is 2.23. The van der Waals surface area contributed by atoms with Crippen molar-refractivity contribution in [1.82, 2.24) is 15.2 Å². The van der Waals surface area contributed by atoms with Gasteiger partial charge in [0.25, 0.3) is 0 Å². The highest BCUT2D eigenvalue weighted by molar-refractivity contribution is 8.01. The van der Waals surface area contributed by atoms with Crippen molar-refractivity contribution in [1.29, 1.82) is 0 Å². The van der Waals surface area contributed by atoms with Gasteiger partial charge >= 0.3 is 0 Å². The maximum atomic E-state index is 12.4. The first-order chi connectivity index (χ1) is 10.8. The SMILES string of the molecule is CNCC1CCCN(C(=O)CSc2nc3ccccc3s2)C1. The van der Waals surface area contributed by atoms with Gasteiger partial charge in [-0.15, -0.1) is 11.3 Å². The Morgan fingerprint density at radius 2 is 2.36 bits per heavy atom. The molecule has 2 aromatic rings. The molecule has 3 rings (SSSR count). The van der Waals surface area contributed by atoms with E-state index in [1.807, 2.05) is 30.1 Å². The number of carbonyl (C=O) groups is 1. The largest absolute Gasteiger partial charge is 0.342 e. The zero-order chi connectivity index (χ0) is 15.4. The average Bonchev–Trinajstić information content (AvgIpc) is 2.96. The molecule has 118 valence electrons. The van der Waals surface area contributed by atoms with E-state index >= 15 is 0 Å². The van der Waals surface area contributed by atoms with Gasteiger partial charge in [0, 0.05) is 13.1 Å². The van der Waals surface area contributed by atoms with E-state index < -0.39 is 0 Å². The number of thiazole rings is 1. The number of carbonyl (C=O) groups excluding carboxylic acids is 1. The summed E-state index contributed by atoms with van der Waals surface area (Å²) in [6.07, 6.45) is 2.33. The van der Waals surface area contributed by atoms with Gasteiger partial charge in [0.05, 0.1) is 16.0 Å². The minimum absolute atomic E-state index is 0.241. The van der Waals surface area contributed by atoms with Crippen molar-refractivity contribution >= 4 is 39.2 Å². The molecule has 1 amide bonds. The molecule has 1 fully saturated rings. The van der Waals surface area contributed by atoms with Crippen molar-refractivity contribution in [2.24, 2.45) is 5.92 Å². The summed E-state index contributed by atoms with van der Waals surface area (Å²) in [7, 11) is 1.98. The number of rotatable bonds is 5. The summed E-state index contributed by atoms with van der Waals surface area (Å²) in [5.74, 6) is 1.33. The summed E-state index contributed by atoms with van der Waals surface area (Å²) in [5.41, 5.74) is 1.02. The number of amides is 1. The van der Waals surface area contributed by atoms with Crippen LogP contribution in [0.4, 0.5) is 0 Å². The van der Waals surface area contributed by atoms with E-state index in [-0.39, 0.29) is 5.91 Å². The van der Waals surface area contributed by atoms with Crippen molar-refractivity contribution in [2.75, 3.05) is 32.4 Å². The number of likely N-dealkylation sites (tertiary alicyclic amines) is 1. The first kappa shape index (κ1) is 15.8. The van der Waals surface area contributed by atoms with Crippen LogP contribution in [0.25, 0.3) is 10.2 Å². The monoisotopic (exact) mass is 335 g/mol. The van der Waals surface area contributed by atoms with Gasteiger partial charge < -0.3 is 10.2 Å². The Kier molecular flexibility index (Phi) is 5.33. The number of piperidine rings is 1. The molecule has 0 spiro atoms. The third-order valence-electron chi connectivity index (χ3n) is 3.96. The van der Waals surface area contributed by atoms with Gasteiger partial charge in [-0.1, -0.05) is 23.9 Å². The number of hydrogen-bond acceptors (Lipinski definition) is 5. The van der Waals surface area contributed by atoms with Crippen LogP contribution >= 0.6 is 23.1 Å². The summed E-state index contributed by atoms with van der Waals surface area (Å²) in [4.78, 5) is 19.0. The van der Waals surface area contributed by atoms with Gasteiger partial charge in [0.2, 0.25) is 5.91 Å². The first-order valence-corrected chi connectivity index (χ1v) is 9.47. The molecule has 0 saturated carbocycles. The van der Waals surface area contributed by atoms with E-state index in [2.05, 4.69) is 16.4 Å². The summed E-state index contributed by atoms with van der Waals surface area (Å²) in [6, 6.07) is 8.11. The quantitative estimate of drug-likeness (QED) is 0.854. The lowest BCUT2D eigenvalue weighted by Gasteiger charge is -2.32. The fourth-order valence-corrected chi connectivity index (χ4v) is 4.85. The summed E-state index contributed by atoms with van der Waals surface area (Å²) in [6.45, 7) is 2.79. The van der Waals surface area contributed by atoms with Crippen molar-refractivity contribution in [3.05, 3.63) is 24.3 Å². The lowest BCUT2D eigenvalue weighted by Crippen LogP contribution is -2.43. The Balaban J connectivity index is 1.55. The van der Waals surface area contributed by atoms with Crippen molar-refractivity contribution in [3.8, 4) is 0 Å². The van der Waals surface area contributed by atoms with Gasteiger partial charge in [0.1, 0.15) is 0 Å². The van der Waals surface area contributed by atoms with Crippen LogP contribution in [0.15, 0.2) is 28.6 Å². The number of nitrogens with one attached hydrogen (secondary N) is 1. The van der Waals surface area contributed by atoms with E-state index in [4.69, 9.17) is 0 Å². The Labute approximate surface area is 139 Å². The van der Waals surface area contributed by atoms with Crippen molar-refractivity contribution in [2.45, 2.75) is 17.2 Å². The van der Waals surface area contributed by atoms with Crippen LogP contribution in [0.5, 0.6) is 0 Å². The Morgan fingerprint density at radius 1 is 1.50 bits per heavy atom. The van der Waals surface area contributed by atoms with Crippen molar-refractivity contribution in [3.63, 3.8) is 0 Å². The van der Waals surface area contributed by atoms with E-state index in [0.717, 1.165) is 35.9 Å². The average molecular weight is 335 g/mol. The predicted molar refractivity (Wildman–Crippen MR) is 93.6 cm³/mol. The maximum absolute atomic E-state index is 12.4. The third kappa shape index (κ3) is 3.80. The van der Waals surface area contributed by atoms with Crippen LogP contribution in [-0.4, -0.2) is 48.2 Å².